The smallest absolute Gasteiger partial charge is 0.139 e. The highest BCUT2D eigenvalue weighted by Crippen LogP contribution is 2.63. The summed E-state index contributed by atoms with van der Waals surface area (Å²) < 4.78 is 8.98. The van der Waals surface area contributed by atoms with Gasteiger partial charge in [0.1, 0.15) is 17.3 Å². The summed E-state index contributed by atoms with van der Waals surface area (Å²) in [5.41, 5.74) is 13.6. The molecular formula is C45H29N3O. The molecule has 0 radical (unpaired) electrons. The number of pyridine rings is 2. The first-order valence-corrected chi connectivity index (χ1v) is 17.0. The van der Waals surface area contributed by atoms with Gasteiger partial charge < -0.3 is 4.74 Å². The lowest BCUT2D eigenvalue weighted by molar-refractivity contribution is 0.432. The van der Waals surface area contributed by atoms with Crippen LogP contribution in [0.3, 0.4) is 0 Å². The van der Waals surface area contributed by atoms with Crippen molar-refractivity contribution in [1.29, 1.82) is 0 Å². The van der Waals surface area contributed by atoms with E-state index in [9.17, 15) is 0 Å². The number of nitrogens with zero attached hydrogens (tertiary/aromatic N) is 3. The average Bonchev–Trinajstić information content (AvgIpc) is 3.64. The third kappa shape index (κ3) is 3.53. The minimum absolute atomic E-state index is 0.466. The van der Waals surface area contributed by atoms with Crippen molar-refractivity contribution in [2.75, 3.05) is 0 Å². The molecule has 49 heavy (non-hydrogen) atoms. The molecule has 4 heterocycles. The van der Waals surface area contributed by atoms with Crippen molar-refractivity contribution in [1.82, 2.24) is 14.5 Å². The van der Waals surface area contributed by atoms with E-state index in [0.717, 1.165) is 63.4 Å². The van der Waals surface area contributed by atoms with Crippen LogP contribution in [0.25, 0.3) is 55.4 Å². The number of para-hydroxylation sites is 3. The van der Waals surface area contributed by atoms with E-state index in [1.165, 1.54) is 44.2 Å². The lowest BCUT2D eigenvalue weighted by Gasteiger charge is -2.41. The third-order valence-electron chi connectivity index (χ3n) is 10.8. The summed E-state index contributed by atoms with van der Waals surface area (Å²) in [4.78, 5) is 10.1. The van der Waals surface area contributed by atoms with Crippen molar-refractivity contribution in [2.45, 2.75) is 18.3 Å². The van der Waals surface area contributed by atoms with Gasteiger partial charge in [0.25, 0.3) is 0 Å². The van der Waals surface area contributed by atoms with Gasteiger partial charge in [0.2, 0.25) is 0 Å². The predicted octanol–water partition coefficient (Wildman–Crippen LogP) is 11.0. The highest BCUT2D eigenvalue weighted by molar-refractivity contribution is 6.12. The summed E-state index contributed by atoms with van der Waals surface area (Å²) in [6, 6.07) is 47.7. The molecule has 1 spiro atoms. The maximum absolute atomic E-state index is 6.62. The Morgan fingerprint density at radius 3 is 2.22 bits per heavy atom. The fourth-order valence-electron chi connectivity index (χ4n) is 8.87. The molecule has 2 aliphatic carbocycles. The van der Waals surface area contributed by atoms with Crippen molar-refractivity contribution in [3.8, 4) is 28.4 Å². The number of ether oxygens (including phenoxy) is 1. The first-order chi connectivity index (χ1) is 24.3. The molecule has 4 heteroatoms. The standard InChI is InChI=1S/C45H29N3O/c1-2-13-28(14-3-1)31-26-43(47-38-20-12-24-46-44(31)38)48-39-21-9-5-16-30(39)33-25-32-29-15-4-6-17-34(29)45(37(32)27-40(33)48)35-18-7-10-22-41(35)49-42-23-11-8-19-36(42)45/h1-5,7-16,18-27H,6,17H2. The Morgan fingerprint density at radius 2 is 1.39 bits per heavy atom. The molecule has 8 aromatic rings. The molecule has 0 N–H and O–H groups in total. The van der Waals surface area contributed by atoms with E-state index in [-0.39, 0.29) is 0 Å². The molecule has 0 fully saturated rings. The fraction of sp³-hybridized carbons (Fsp3) is 0.0667. The summed E-state index contributed by atoms with van der Waals surface area (Å²) in [5, 5.41) is 2.44. The van der Waals surface area contributed by atoms with E-state index in [1.54, 1.807) is 0 Å². The molecule has 4 nitrogen and oxygen atoms in total. The van der Waals surface area contributed by atoms with Crippen molar-refractivity contribution in [3.05, 3.63) is 180 Å². The second-order valence-electron chi connectivity index (χ2n) is 13.2. The summed E-state index contributed by atoms with van der Waals surface area (Å²) >= 11 is 0. The molecule has 5 aromatic carbocycles. The molecule has 11 rings (SSSR count). The monoisotopic (exact) mass is 627 g/mol. The van der Waals surface area contributed by atoms with Gasteiger partial charge in [-0.25, -0.2) is 4.98 Å². The summed E-state index contributed by atoms with van der Waals surface area (Å²) in [5.74, 6) is 2.72. The molecule has 1 aliphatic heterocycles. The quantitative estimate of drug-likeness (QED) is 0.191. The van der Waals surface area contributed by atoms with Gasteiger partial charge in [-0.05, 0) is 89.2 Å². The number of hydrogen-bond acceptors (Lipinski definition) is 3. The zero-order valence-corrected chi connectivity index (χ0v) is 26.6. The van der Waals surface area contributed by atoms with Crippen molar-refractivity contribution >= 4 is 38.4 Å². The minimum atomic E-state index is -0.466. The molecule has 0 atom stereocenters. The van der Waals surface area contributed by atoms with Gasteiger partial charge >= 0.3 is 0 Å². The Kier molecular flexibility index (Phi) is 5.40. The Balaban J connectivity index is 1.28. The fourth-order valence-corrected chi connectivity index (χ4v) is 8.87. The maximum atomic E-state index is 6.62. The van der Waals surface area contributed by atoms with E-state index >= 15 is 0 Å². The predicted molar refractivity (Wildman–Crippen MR) is 197 cm³/mol. The Hall–Kier alpha value is -6.26. The van der Waals surface area contributed by atoms with Gasteiger partial charge in [0.15, 0.2) is 0 Å². The highest BCUT2D eigenvalue weighted by atomic mass is 16.5. The van der Waals surface area contributed by atoms with E-state index < -0.39 is 5.41 Å². The van der Waals surface area contributed by atoms with Crippen LogP contribution >= 0.6 is 0 Å². The SMILES string of the molecule is C1=CC2=C(CC1)C1(c3ccccc3Oc3ccccc31)c1cc3c(cc12)c1ccccc1n3-c1cc(-c2ccccc2)c2ncccc2n1. The van der Waals surface area contributed by atoms with Crippen molar-refractivity contribution in [2.24, 2.45) is 0 Å². The van der Waals surface area contributed by atoms with Gasteiger partial charge in [0, 0.05) is 33.7 Å². The second-order valence-corrected chi connectivity index (χ2v) is 13.2. The number of rotatable bonds is 2. The van der Waals surface area contributed by atoms with Crippen LogP contribution in [-0.2, 0) is 5.41 Å². The molecule has 3 aromatic heterocycles. The Bertz CT molecular complexity index is 2710. The van der Waals surface area contributed by atoms with Gasteiger partial charge in [0.05, 0.1) is 27.5 Å². The Labute approximate surface area is 283 Å². The Morgan fingerprint density at radius 1 is 0.633 bits per heavy atom. The van der Waals surface area contributed by atoms with Crippen molar-refractivity contribution in [3.63, 3.8) is 0 Å². The molecule has 0 saturated carbocycles. The van der Waals surface area contributed by atoms with Crippen LogP contribution in [0.5, 0.6) is 11.5 Å². The van der Waals surface area contributed by atoms with Gasteiger partial charge in [-0.1, -0.05) is 97.1 Å². The first-order valence-electron chi connectivity index (χ1n) is 17.0. The minimum Gasteiger partial charge on any atom is -0.457 e. The molecule has 0 bridgehead atoms. The molecular weight excluding hydrogens is 599 g/mol. The van der Waals surface area contributed by atoms with Crippen LogP contribution in [0.15, 0.2) is 157 Å². The lowest BCUT2D eigenvalue weighted by Crippen LogP contribution is -2.33. The summed E-state index contributed by atoms with van der Waals surface area (Å²) in [6.07, 6.45) is 8.57. The molecule has 0 saturated heterocycles. The van der Waals surface area contributed by atoms with Crippen LogP contribution in [0.2, 0.25) is 0 Å². The van der Waals surface area contributed by atoms with E-state index in [0.29, 0.717) is 0 Å². The van der Waals surface area contributed by atoms with Gasteiger partial charge in [-0.3, -0.25) is 9.55 Å². The molecule has 0 unspecified atom stereocenters. The first kappa shape index (κ1) is 26.8. The summed E-state index contributed by atoms with van der Waals surface area (Å²) in [6.45, 7) is 0. The lowest BCUT2D eigenvalue weighted by atomic mass is 9.64. The average molecular weight is 628 g/mol. The topological polar surface area (TPSA) is 39.9 Å². The number of fused-ring (bicyclic) bond motifs is 12. The van der Waals surface area contributed by atoms with Crippen LogP contribution in [0.1, 0.15) is 35.1 Å². The van der Waals surface area contributed by atoms with Gasteiger partial charge in [-0.2, -0.15) is 0 Å². The number of benzene rings is 5. The maximum Gasteiger partial charge on any atom is 0.139 e. The molecule has 230 valence electrons. The second kappa shape index (κ2) is 9.88. The van der Waals surface area contributed by atoms with E-state index in [4.69, 9.17) is 14.7 Å². The third-order valence-corrected chi connectivity index (χ3v) is 10.8. The molecule has 3 aliphatic rings. The van der Waals surface area contributed by atoms with Crippen molar-refractivity contribution < 1.29 is 4.74 Å². The van der Waals surface area contributed by atoms with E-state index in [1.807, 2.05) is 12.3 Å². The molecule has 0 amide bonds. The normalized spacial score (nSPS) is 15.3. The van der Waals surface area contributed by atoms with Crippen LogP contribution in [0.4, 0.5) is 0 Å². The van der Waals surface area contributed by atoms with E-state index in [2.05, 4.69) is 144 Å². The zero-order chi connectivity index (χ0) is 32.1. The largest absolute Gasteiger partial charge is 0.457 e. The highest BCUT2D eigenvalue weighted by Gasteiger charge is 2.52. The van der Waals surface area contributed by atoms with Crippen LogP contribution in [0, 0.1) is 0 Å². The number of aromatic nitrogens is 3. The summed E-state index contributed by atoms with van der Waals surface area (Å²) in [7, 11) is 0. The zero-order valence-electron chi connectivity index (χ0n) is 26.6. The van der Waals surface area contributed by atoms with Gasteiger partial charge in [-0.15, -0.1) is 0 Å². The number of hydrogen-bond donors (Lipinski definition) is 0. The van der Waals surface area contributed by atoms with Crippen LogP contribution < -0.4 is 4.74 Å². The number of allylic oxidation sites excluding steroid dienone is 4. The van der Waals surface area contributed by atoms with Crippen LogP contribution in [-0.4, -0.2) is 14.5 Å².